The molecule has 0 unspecified atom stereocenters. The number of rotatable bonds is 3. The van der Waals surface area contributed by atoms with Crippen LogP contribution in [0.1, 0.15) is 43.0 Å². The Bertz CT molecular complexity index is 502. The first kappa shape index (κ1) is 13.3. The van der Waals surface area contributed by atoms with Gasteiger partial charge < -0.3 is 16.0 Å². The van der Waals surface area contributed by atoms with Crippen molar-refractivity contribution >= 4 is 17.3 Å². The maximum absolute atomic E-state index is 12.4. The standard InChI is InChI=1S/C16H23N3O/c1-11-6-8-19(9-7-11)15-5-2-12(17)10-14(15)16(20)18-13-3-4-13/h2,5,10-11,13H,3-4,6-9,17H2,1H3,(H,18,20). The third kappa shape index (κ3) is 2.89. The Morgan fingerprint density at radius 2 is 1.95 bits per heavy atom. The highest BCUT2D eigenvalue weighted by Crippen LogP contribution is 2.29. The molecule has 108 valence electrons. The molecular weight excluding hydrogens is 250 g/mol. The van der Waals surface area contributed by atoms with Crippen molar-refractivity contribution in [3.63, 3.8) is 0 Å². The molecule has 2 aliphatic rings. The summed E-state index contributed by atoms with van der Waals surface area (Å²) >= 11 is 0. The van der Waals surface area contributed by atoms with Crippen molar-refractivity contribution in [1.29, 1.82) is 0 Å². The Morgan fingerprint density at radius 1 is 1.25 bits per heavy atom. The maximum atomic E-state index is 12.4. The Kier molecular flexibility index (Phi) is 3.55. The molecule has 0 atom stereocenters. The Balaban J connectivity index is 1.83. The van der Waals surface area contributed by atoms with E-state index in [0.29, 0.717) is 11.7 Å². The molecule has 1 heterocycles. The quantitative estimate of drug-likeness (QED) is 0.831. The molecule has 1 amide bonds. The number of anilines is 2. The van der Waals surface area contributed by atoms with Gasteiger partial charge in [0.1, 0.15) is 0 Å². The molecule has 3 rings (SSSR count). The van der Waals surface area contributed by atoms with Gasteiger partial charge in [0.05, 0.1) is 5.56 Å². The average molecular weight is 273 g/mol. The topological polar surface area (TPSA) is 58.4 Å². The summed E-state index contributed by atoms with van der Waals surface area (Å²) < 4.78 is 0. The van der Waals surface area contributed by atoms with Gasteiger partial charge in [0.2, 0.25) is 0 Å². The second kappa shape index (κ2) is 5.35. The Labute approximate surface area is 120 Å². The molecule has 3 N–H and O–H groups in total. The van der Waals surface area contributed by atoms with Gasteiger partial charge in [0, 0.05) is 30.5 Å². The summed E-state index contributed by atoms with van der Waals surface area (Å²) in [6.45, 7) is 4.34. The van der Waals surface area contributed by atoms with E-state index in [4.69, 9.17) is 5.73 Å². The fourth-order valence-corrected chi connectivity index (χ4v) is 2.75. The molecule has 1 aliphatic carbocycles. The van der Waals surface area contributed by atoms with Crippen LogP contribution < -0.4 is 16.0 Å². The maximum Gasteiger partial charge on any atom is 0.253 e. The summed E-state index contributed by atoms with van der Waals surface area (Å²) in [6, 6.07) is 6.07. The second-order valence-corrected chi connectivity index (χ2v) is 6.19. The van der Waals surface area contributed by atoms with Crippen LogP contribution in [-0.2, 0) is 0 Å². The fraction of sp³-hybridized carbons (Fsp3) is 0.562. The van der Waals surface area contributed by atoms with E-state index in [1.54, 1.807) is 0 Å². The largest absolute Gasteiger partial charge is 0.399 e. The second-order valence-electron chi connectivity index (χ2n) is 6.19. The van der Waals surface area contributed by atoms with Crippen molar-refractivity contribution in [2.75, 3.05) is 23.7 Å². The molecule has 1 aromatic rings. The van der Waals surface area contributed by atoms with Crippen molar-refractivity contribution in [3.05, 3.63) is 23.8 Å². The predicted molar refractivity (Wildman–Crippen MR) is 82.0 cm³/mol. The molecule has 0 radical (unpaired) electrons. The lowest BCUT2D eigenvalue weighted by Crippen LogP contribution is -2.35. The molecule has 1 aliphatic heterocycles. The van der Waals surface area contributed by atoms with E-state index in [2.05, 4.69) is 17.1 Å². The first-order valence-electron chi connectivity index (χ1n) is 7.59. The van der Waals surface area contributed by atoms with E-state index < -0.39 is 0 Å². The molecule has 4 heteroatoms. The van der Waals surface area contributed by atoms with Gasteiger partial charge in [-0.25, -0.2) is 0 Å². The van der Waals surface area contributed by atoms with Crippen LogP contribution in [0.4, 0.5) is 11.4 Å². The number of piperidine rings is 1. The van der Waals surface area contributed by atoms with E-state index in [9.17, 15) is 4.79 Å². The van der Waals surface area contributed by atoms with Gasteiger partial charge in [-0.05, 0) is 49.8 Å². The van der Waals surface area contributed by atoms with Gasteiger partial charge >= 0.3 is 0 Å². The highest BCUT2D eigenvalue weighted by molar-refractivity contribution is 6.01. The number of benzene rings is 1. The van der Waals surface area contributed by atoms with Gasteiger partial charge in [-0.3, -0.25) is 4.79 Å². The van der Waals surface area contributed by atoms with Crippen molar-refractivity contribution in [2.24, 2.45) is 5.92 Å². The zero-order chi connectivity index (χ0) is 14.1. The van der Waals surface area contributed by atoms with Crippen LogP contribution in [0, 0.1) is 5.92 Å². The fourth-order valence-electron chi connectivity index (χ4n) is 2.75. The first-order chi connectivity index (χ1) is 9.63. The van der Waals surface area contributed by atoms with Crippen LogP contribution in [0.25, 0.3) is 0 Å². The van der Waals surface area contributed by atoms with Gasteiger partial charge in [-0.15, -0.1) is 0 Å². The highest BCUT2D eigenvalue weighted by atomic mass is 16.1. The highest BCUT2D eigenvalue weighted by Gasteiger charge is 2.26. The molecule has 1 aromatic carbocycles. The van der Waals surface area contributed by atoms with Crippen LogP contribution in [0.5, 0.6) is 0 Å². The summed E-state index contributed by atoms with van der Waals surface area (Å²) in [4.78, 5) is 14.7. The predicted octanol–water partition coefficient (Wildman–Crippen LogP) is 2.40. The van der Waals surface area contributed by atoms with Gasteiger partial charge in [0.15, 0.2) is 0 Å². The molecule has 0 spiro atoms. The minimum Gasteiger partial charge on any atom is -0.399 e. The molecule has 4 nitrogen and oxygen atoms in total. The number of carbonyl (C=O) groups is 1. The molecule has 0 aromatic heterocycles. The number of carbonyl (C=O) groups excluding carboxylic acids is 1. The van der Waals surface area contributed by atoms with Crippen molar-refractivity contribution in [2.45, 2.75) is 38.6 Å². The van der Waals surface area contributed by atoms with E-state index in [1.807, 2.05) is 18.2 Å². The van der Waals surface area contributed by atoms with E-state index in [-0.39, 0.29) is 5.91 Å². The molecule has 1 saturated carbocycles. The summed E-state index contributed by atoms with van der Waals surface area (Å²) in [6.07, 6.45) is 4.58. The molecule has 0 bridgehead atoms. The van der Waals surface area contributed by atoms with Crippen LogP contribution in [0.3, 0.4) is 0 Å². The van der Waals surface area contributed by atoms with Crippen molar-refractivity contribution in [3.8, 4) is 0 Å². The number of nitrogens with zero attached hydrogens (tertiary/aromatic N) is 1. The molecule has 1 saturated heterocycles. The summed E-state index contributed by atoms with van der Waals surface area (Å²) in [7, 11) is 0. The van der Waals surface area contributed by atoms with Crippen LogP contribution in [0.15, 0.2) is 18.2 Å². The monoisotopic (exact) mass is 273 g/mol. The summed E-state index contributed by atoms with van der Waals surface area (Å²) in [5.74, 6) is 0.803. The lowest BCUT2D eigenvalue weighted by atomic mass is 9.98. The molecule has 20 heavy (non-hydrogen) atoms. The summed E-state index contributed by atoms with van der Waals surface area (Å²) in [5, 5.41) is 3.06. The number of nitrogen functional groups attached to an aromatic ring is 1. The average Bonchev–Trinajstić information content (AvgIpc) is 3.24. The Hall–Kier alpha value is -1.71. The lowest BCUT2D eigenvalue weighted by molar-refractivity contribution is 0.0951. The van der Waals surface area contributed by atoms with Gasteiger partial charge in [0.25, 0.3) is 5.91 Å². The molecular formula is C16H23N3O. The van der Waals surface area contributed by atoms with Crippen LogP contribution in [-0.4, -0.2) is 25.0 Å². The molecule has 2 fully saturated rings. The summed E-state index contributed by atoms with van der Waals surface area (Å²) in [5.41, 5.74) is 8.28. The van der Waals surface area contributed by atoms with Crippen LogP contribution >= 0.6 is 0 Å². The number of hydrogen-bond donors (Lipinski definition) is 2. The Morgan fingerprint density at radius 3 is 2.60 bits per heavy atom. The smallest absolute Gasteiger partial charge is 0.253 e. The van der Waals surface area contributed by atoms with E-state index >= 15 is 0 Å². The zero-order valence-electron chi connectivity index (χ0n) is 12.1. The number of nitrogens with one attached hydrogen (secondary N) is 1. The van der Waals surface area contributed by atoms with Crippen molar-refractivity contribution < 1.29 is 4.79 Å². The number of amides is 1. The van der Waals surface area contributed by atoms with E-state index in [1.165, 1.54) is 12.8 Å². The van der Waals surface area contributed by atoms with Crippen molar-refractivity contribution in [1.82, 2.24) is 5.32 Å². The minimum absolute atomic E-state index is 0.0217. The third-order valence-electron chi connectivity index (χ3n) is 4.30. The van der Waals surface area contributed by atoms with Gasteiger partial charge in [-0.1, -0.05) is 6.92 Å². The third-order valence-corrected chi connectivity index (χ3v) is 4.30. The lowest BCUT2D eigenvalue weighted by Gasteiger charge is -2.33. The normalized spacial score (nSPS) is 19.9. The zero-order valence-corrected chi connectivity index (χ0v) is 12.1. The number of nitrogens with two attached hydrogens (primary N) is 1. The minimum atomic E-state index is 0.0217. The number of hydrogen-bond acceptors (Lipinski definition) is 3. The van der Waals surface area contributed by atoms with E-state index in [0.717, 1.165) is 43.1 Å². The SMILES string of the molecule is CC1CCN(c2ccc(N)cc2C(=O)NC2CC2)CC1. The van der Waals surface area contributed by atoms with Crippen LogP contribution in [0.2, 0.25) is 0 Å². The first-order valence-corrected chi connectivity index (χ1v) is 7.59. The van der Waals surface area contributed by atoms with Gasteiger partial charge in [-0.2, -0.15) is 0 Å².